The molecule has 0 aliphatic rings. The number of benzene rings is 2. The summed E-state index contributed by atoms with van der Waals surface area (Å²) in [7, 11) is 1.49. The summed E-state index contributed by atoms with van der Waals surface area (Å²) in [6.45, 7) is 1.46. The van der Waals surface area contributed by atoms with E-state index in [-0.39, 0.29) is 5.56 Å². The van der Waals surface area contributed by atoms with Crippen molar-refractivity contribution in [2.45, 2.75) is 13.0 Å². The van der Waals surface area contributed by atoms with Crippen molar-refractivity contribution in [3.8, 4) is 5.75 Å². The molecule has 2 aromatic carbocycles. The van der Waals surface area contributed by atoms with Crippen LogP contribution >= 0.6 is 0 Å². The van der Waals surface area contributed by atoms with Crippen LogP contribution in [0.15, 0.2) is 48.5 Å². The number of amides is 2. The van der Waals surface area contributed by atoms with Crippen molar-refractivity contribution >= 4 is 23.5 Å². The van der Waals surface area contributed by atoms with Gasteiger partial charge in [-0.1, -0.05) is 6.07 Å². The molecule has 0 radical (unpaired) electrons. The number of nitrogens with two attached hydrogens (primary N) is 1. The van der Waals surface area contributed by atoms with Crippen LogP contribution in [0.2, 0.25) is 0 Å². The van der Waals surface area contributed by atoms with Crippen molar-refractivity contribution < 1.29 is 23.9 Å². The number of rotatable bonds is 6. The van der Waals surface area contributed by atoms with E-state index in [1.54, 1.807) is 18.2 Å². The molecule has 2 amide bonds. The van der Waals surface area contributed by atoms with Gasteiger partial charge in [-0.3, -0.25) is 9.59 Å². The Balaban J connectivity index is 1.97. The van der Waals surface area contributed by atoms with Gasteiger partial charge < -0.3 is 20.5 Å². The van der Waals surface area contributed by atoms with E-state index in [0.29, 0.717) is 17.0 Å². The van der Waals surface area contributed by atoms with Crippen LogP contribution in [0.5, 0.6) is 5.75 Å². The molecule has 130 valence electrons. The molecule has 0 heterocycles. The first-order valence-corrected chi connectivity index (χ1v) is 7.46. The number of hydrogen-bond donors (Lipinski definition) is 2. The van der Waals surface area contributed by atoms with Gasteiger partial charge in [-0.05, 0) is 49.4 Å². The highest BCUT2D eigenvalue weighted by Crippen LogP contribution is 2.15. The van der Waals surface area contributed by atoms with Gasteiger partial charge in [-0.15, -0.1) is 0 Å². The number of nitrogens with one attached hydrogen (secondary N) is 1. The fourth-order valence-electron chi connectivity index (χ4n) is 1.99. The molecular weight excluding hydrogens is 324 g/mol. The van der Waals surface area contributed by atoms with Gasteiger partial charge in [0.1, 0.15) is 5.75 Å². The SMILES string of the molecule is COc1cccc(C(=O)O[C@H](C)C(=O)Nc2ccc(C(N)=O)cc2)c1. The molecule has 0 bridgehead atoms. The van der Waals surface area contributed by atoms with Gasteiger partial charge in [-0.2, -0.15) is 0 Å². The first-order valence-electron chi connectivity index (χ1n) is 7.46. The summed E-state index contributed by atoms with van der Waals surface area (Å²) in [5.41, 5.74) is 6.22. The minimum atomic E-state index is -1.01. The third-order valence-corrected chi connectivity index (χ3v) is 3.40. The lowest BCUT2D eigenvalue weighted by Crippen LogP contribution is -2.30. The van der Waals surface area contributed by atoms with E-state index in [1.165, 1.54) is 44.4 Å². The Labute approximate surface area is 144 Å². The Morgan fingerprint density at radius 1 is 1.04 bits per heavy atom. The highest BCUT2D eigenvalue weighted by Gasteiger charge is 2.19. The number of esters is 1. The smallest absolute Gasteiger partial charge is 0.339 e. The Morgan fingerprint density at radius 3 is 2.32 bits per heavy atom. The van der Waals surface area contributed by atoms with Gasteiger partial charge >= 0.3 is 5.97 Å². The third-order valence-electron chi connectivity index (χ3n) is 3.40. The number of carbonyl (C=O) groups is 3. The standard InChI is InChI=1S/C18H18N2O5/c1-11(25-18(23)13-4-3-5-15(10-13)24-2)17(22)20-14-8-6-12(7-9-14)16(19)21/h3-11H,1-2H3,(H2,19,21)(H,20,22)/t11-/m1/s1. The Hall–Kier alpha value is -3.35. The van der Waals surface area contributed by atoms with Crippen LogP contribution in [0.1, 0.15) is 27.6 Å². The molecule has 0 saturated carbocycles. The first-order chi connectivity index (χ1) is 11.9. The van der Waals surface area contributed by atoms with Gasteiger partial charge in [0.2, 0.25) is 5.91 Å². The number of carbonyl (C=O) groups excluding carboxylic acids is 3. The summed E-state index contributed by atoms with van der Waals surface area (Å²) in [4.78, 5) is 35.2. The van der Waals surface area contributed by atoms with Crippen molar-refractivity contribution in [2.24, 2.45) is 5.73 Å². The molecule has 0 aliphatic carbocycles. The number of ether oxygens (including phenoxy) is 2. The lowest BCUT2D eigenvalue weighted by Gasteiger charge is -2.14. The summed E-state index contributed by atoms with van der Waals surface area (Å²) in [6, 6.07) is 12.5. The zero-order valence-corrected chi connectivity index (χ0v) is 13.8. The van der Waals surface area contributed by atoms with Crippen molar-refractivity contribution in [1.29, 1.82) is 0 Å². The van der Waals surface area contributed by atoms with Gasteiger partial charge in [0.25, 0.3) is 5.91 Å². The lowest BCUT2D eigenvalue weighted by atomic mass is 10.2. The fraction of sp³-hybridized carbons (Fsp3) is 0.167. The molecule has 3 N–H and O–H groups in total. The number of anilines is 1. The van der Waals surface area contributed by atoms with Crippen LogP contribution in [-0.2, 0) is 9.53 Å². The topological polar surface area (TPSA) is 108 Å². The zero-order chi connectivity index (χ0) is 18.4. The van der Waals surface area contributed by atoms with E-state index in [1.807, 2.05) is 0 Å². The lowest BCUT2D eigenvalue weighted by molar-refractivity contribution is -0.123. The molecule has 25 heavy (non-hydrogen) atoms. The first kappa shape index (κ1) is 18.0. The van der Waals surface area contributed by atoms with Gasteiger partial charge in [0.15, 0.2) is 6.10 Å². The van der Waals surface area contributed by atoms with Crippen molar-refractivity contribution in [1.82, 2.24) is 0 Å². The molecule has 1 atom stereocenters. The van der Waals surface area contributed by atoms with Crippen LogP contribution in [0.3, 0.4) is 0 Å². The number of methoxy groups -OCH3 is 1. The minimum absolute atomic E-state index is 0.282. The second-order valence-corrected chi connectivity index (χ2v) is 5.21. The van der Waals surface area contributed by atoms with Crippen LogP contribution in [0.25, 0.3) is 0 Å². The summed E-state index contributed by atoms with van der Waals surface area (Å²) >= 11 is 0. The molecule has 0 spiro atoms. The molecule has 7 heteroatoms. The summed E-state index contributed by atoms with van der Waals surface area (Å²) in [6.07, 6.45) is -1.01. The maximum atomic E-state index is 12.1. The zero-order valence-electron chi connectivity index (χ0n) is 13.8. The third kappa shape index (κ3) is 4.81. The normalized spacial score (nSPS) is 11.3. The predicted molar refractivity (Wildman–Crippen MR) is 91.5 cm³/mol. The fourth-order valence-corrected chi connectivity index (χ4v) is 1.99. The second kappa shape index (κ2) is 7.96. The average molecular weight is 342 g/mol. The van der Waals surface area contributed by atoms with Crippen LogP contribution in [0.4, 0.5) is 5.69 Å². The van der Waals surface area contributed by atoms with Crippen LogP contribution in [0, 0.1) is 0 Å². The largest absolute Gasteiger partial charge is 0.497 e. The molecular formula is C18H18N2O5. The average Bonchev–Trinajstić information content (AvgIpc) is 2.62. The van der Waals surface area contributed by atoms with E-state index in [9.17, 15) is 14.4 Å². The second-order valence-electron chi connectivity index (χ2n) is 5.21. The van der Waals surface area contributed by atoms with Gasteiger partial charge in [-0.25, -0.2) is 4.79 Å². The van der Waals surface area contributed by atoms with Gasteiger partial charge in [0.05, 0.1) is 12.7 Å². The Kier molecular flexibility index (Phi) is 5.73. The van der Waals surface area contributed by atoms with Crippen LogP contribution in [-0.4, -0.2) is 31.0 Å². The molecule has 0 unspecified atom stereocenters. The summed E-state index contributed by atoms with van der Waals surface area (Å²) in [5, 5.41) is 2.59. The van der Waals surface area contributed by atoms with E-state index >= 15 is 0 Å². The molecule has 0 fully saturated rings. The summed E-state index contributed by atoms with van der Waals surface area (Å²) in [5.74, 6) is -1.17. The van der Waals surface area contributed by atoms with Crippen molar-refractivity contribution in [2.75, 3.05) is 12.4 Å². The van der Waals surface area contributed by atoms with Crippen molar-refractivity contribution in [3.63, 3.8) is 0 Å². The number of hydrogen-bond acceptors (Lipinski definition) is 5. The molecule has 2 rings (SSSR count). The van der Waals surface area contributed by atoms with E-state index < -0.39 is 23.9 Å². The summed E-state index contributed by atoms with van der Waals surface area (Å²) < 4.78 is 10.2. The molecule has 0 aliphatic heterocycles. The number of primary amides is 1. The van der Waals surface area contributed by atoms with E-state index in [2.05, 4.69) is 5.32 Å². The maximum absolute atomic E-state index is 12.1. The molecule has 0 aromatic heterocycles. The van der Waals surface area contributed by atoms with E-state index in [4.69, 9.17) is 15.2 Å². The highest BCUT2D eigenvalue weighted by molar-refractivity contribution is 5.98. The Morgan fingerprint density at radius 2 is 1.72 bits per heavy atom. The monoisotopic (exact) mass is 342 g/mol. The quantitative estimate of drug-likeness (QED) is 0.781. The maximum Gasteiger partial charge on any atom is 0.339 e. The van der Waals surface area contributed by atoms with Crippen LogP contribution < -0.4 is 15.8 Å². The Bertz CT molecular complexity index is 786. The minimum Gasteiger partial charge on any atom is -0.497 e. The van der Waals surface area contributed by atoms with Gasteiger partial charge in [0, 0.05) is 11.3 Å². The van der Waals surface area contributed by atoms with E-state index in [0.717, 1.165) is 0 Å². The molecule has 2 aromatic rings. The highest BCUT2D eigenvalue weighted by atomic mass is 16.5. The molecule has 0 saturated heterocycles. The van der Waals surface area contributed by atoms with Crippen molar-refractivity contribution in [3.05, 3.63) is 59.7 Å². The molecule has 7 nitrogen and oxygen atoms in total. The predicted octanol–water partition coefficient (Wildman–Crippen LogP) is 1.98.